The fourth-order valence-corrected chi connectivity index (χ4v) is 6.84. The van der Waals surface area contributed by atoms with Gasteiger partial charge in [0.05, 0.1) is 17.9 Å². The number of fused-ring (bicyclic) bond motifs is 1. The number of halogens is 1. The Morgan fingerprint density at radius 3 is 2.82 bits per heavy atom. The molecule has 38 heavy (non-hydrogen) atoms. The van der Waals surface area contributed by atoms with Gasteiger partial charge in [0, 0.05) is 16.4 Å². The molecule has 1 aromatic carbocycles. The average Bonchev–Trinajstić information content (AvgIpc) is 3.45. The first-order valence-electron chi connectivity index (χ1n) is 12.8. The zero-order valence-electron chi connectivity index (χ0n) is 22.3. The number of amides is 1. The standard InChI is InChI=1S/C27H33ClN4O4S2/c1-6-32-24(17(5)36-18-9-11-20(28)16(4)13-18)30-31-27(32)37-14-22(33)29-25-23(26(34)35-7-2)19-10-8-15(3)12-21(19)38-25/h9,11,13,15,17H,6-8,10,12,14H2,1-5H3,(H,29,33). The highest BCUT2D eigenvalue weighted by molar-refractivity contribution is 7.99. The molecule has 0 saturated heterocycles. The van der Waals surface area contributed by atoms with Gasteiger partial charge in [0.1, 0.15) is 10.8 Å². The molecule has 0 spiro atoms. The van der Waals surface area contributed by atoms with Crippen molar-refractivity contribution < 1.29 is 19.1 Å². The Balaban J connectivity index is 1.44. The van der Waals surface area contributed by atoms with Crippen LogP contribution >= 0.6 is 34.7 Å². The van der Waals surface area contributed by atoms with E-state index < -0.39 is 0 Å². The predicted molar refractivity (Wildman–Crippen MR) is 152 cm³/mol. The number of anilines is 1. The van der Waals surface area contributed by atoms with E-state index in [1.54, 1.807) is 13.0 Å². The maximum Gasteiger partial charge on any atom is 0.341 e. The number of carbonyl (C=O) groups is 2. The number of nitrogens with zero attached hydrogens (tertiary/aromatic N) is 3. The van der Waals surface area contributed by atoms with Crippen molar-refractivity contribution >= 4 is 51.6 Å². The number of hydrogen-bond donors (Lipinski definition) is 1. The summed E-state index contributed by atoms with van der Waals surface area (Å²) in [5.74, 6) is 1.48. The number of thioether (sulfide) groups is 1. The minimum absolute atomic E-state index is 0.130. The lowest BCUT2D eigenvalue weighted by Gasteiger charge is -2.18. The normalized spacial score (nSPS) is 15.6. The molecule has 1 aliphatic rings. The molecule has 204 valence electrons. The van der Waals surface area contributed by atoms with Gasteiger partial charge in [0.2, 0.25) is 5.91 Å². The molecule has 0 radical (unpaired) electrons. The monoisotopic (exact) mass is 576 g/mol. The SMILES string of the molecule is CCOC(=O)c1c(NC(=O)CSc2nnc(C(C)Oc3ccc(Cl)c(C)c3)n2CC)sc2c1CCC(C)C2. The number of hydrogen-bond acceptors (Lipinski definition) is 8. The van der Waals surface area contributed by atoms with Gasteiger partial charge >= 0.3 is 5.97 Å². The minimum Gasteiger partial charge on any atom is -0.483 e. The van der Waals surface area contributed by atoms with Crippen LogP contribution in [0.4, 0.5) is 5.00 Å². The van der Waals surface area contributed by atoms with Crippen molar-refractivity contribution in [3.05, 3.63) is 50.6 Å². The van der Waals surface area contributed by atoms with Gasteiger partial charge in [-0.15, -0.1) is 21.5 Å². The number of aryl methyl sites for hydroxylation is 1. The predicted octanol–water partition coefficient (Wildman–Crippen LogP) is 6.49. The molecule has 11 heteroatoms. The summed E-state index contributed by atoms with van der Waals surface area (Å²) in [6.45, 7) is 10.8. The molecule has 1 N–H and O–H groups in total. The fourth-order valence-electron chi connectivity index (χ4n) is 4.50. The molecule has 2 aromatic heterocycles. The molecule has 2 atom stereocenters. The van der Waals surface area contributed by atoms with E-state index in [2.05, 4.69) is 22.4 Å². The molecule has 1 amide bonds. The number of thiophene rings is 1. The van der Waals surface area contributed by atoms with Gasteiger partial charge in [-0.05, 0) is 82.2 Å². The Morgan fingerprint density at radius 2 is 2.11 bits per heavy atom. The second kappa shape index (κ2) is 12.5. The van der Waals surface area contributed by atoms with Crippen LogP contribution < -0.4 is 10.1 Å². The number of esters is 1. The number of aromatic nitrogens is 3. The molecule has 0 aliphatic heterocycles. The van der Waals surface area contributed by atoms with Crippen molar-refractivity contribution in [3.8, 4) is 5.75 Å². The molecule has 2 heterocycles. The van der Waals surface area contributed by atoms with Crippen molar-refractivity contribution in [1.29, 1.82) is 0 Å². The van der Waals surface area contributed by atoms with Gasteiger partial charge in [-0.2, -0.15) is 0 Å². The highest BCUT2D eigenvalue weighted by Crippen LogP contribution is 2.40. The topological polar surface area (TPSA) is 95.3 Å². The van der Waals surface area contributed by atoms with E-state index in [4.69, 9.17) is 21.1 Å². The van der Waals surface area contributed by atoms with Crippen LogP contribution in [0.25, 0.3) is 0 Å². The number of rotatable bonds is 10. The molecular weight excluding hydrogens is 544 g/mol. The quantitative estimate of drug-likeness (QED) is 0.217. The molecule has 4 rings (SSSR count). The van der Waals surface area contributed by atoms with Gasteiger partial charge in [-0.1, -0.05) is 30.3 Å². The fraction of sp³-hybridized carbons (Fsp3) is 0.481. The number of benzene rings is 1. The third-order valence-electron chi connectivity index (χ3n) is 6.44. The van der Waals surface area contributed by atoms with E-state index >= 15 is 0 Å². The van der Waals surface area contributed by atoms with E-state index in [9.17, 15) is 9.59 Å². The average molecular weight is 577 g/mol. The molecule has 0 saturated carbocycles. The summed E-state index contributed by atoms with van der Waals surface area (Å²) in [5.41, 5.74) is 2.47. The van der Waals surface area contributed by atoms with E-state index in [0.29, 0.717) is 44.8 Å². The number of ether oxygens (including phenoxy) is 2. The van der Waals surface area contributed by atoms with Crippen LogP contribution in [0.1, 0.15) is 72.4 Å². The molecule has 8 nitrogen and oxygen atoms in total. The Kier molecular flexibility index (Phi) is 9.38. The van der Waals surface area contributed by atoms with Crippen LogP contribution in [0.5, 0.6) is 5.75 Å². The van der Waals surface area contributed by atoms with Crippen LogP contribution in [0.2, 0.25) is 5.02 Å². The lowest BCUT2D eigenvalue weighted by atomic mass is 9.88. The van der Waals surface area contributed by atoms with Crippen LogP contribution in [-0.2, 0) is 28.9 Å². The maximum atomic E-state index is 13.0. The van der Waals surface area contributed by atoms with Gasteiger partial charge in [-0.3, -0.25) is 4.79 Å². The highest BCUT2D eigenvalue weighted by atomic mass is 35.5. The van der Waals surface area contributed by atoms with Crippen molar-refractivity contribution in [2.45, 2.75) is 71.7 Å². The lowest BCUT2D eigenvalue weighted by molar-refractivity contribution is -0.113. The second-order valence-corrected chi connectivity index (χ2v) is 11.8. The Bertz CT molecular complexity index is 1320. The molecule has 0 bridgehead atoms. The van der Waals surface area contributed by atoms with Gasteiger partial charge in [0.25, 0.3) is 0 Å². The van der Waals surface area contributed by atoms with Crippen molar-refractivity contribution in [2.75, 3.05) is 17.7 Å². The van der Waals surface area contributed by atoms with Crippen LogP contribution in [-0.4, -0.2) is 39.0 Å². The first-order valence-corrected chi connectivity index (χ1v) is 15.0. The summed E-state index contributed by atoms with van der Waals surface area (Å²) in [6.07, 6.45) is 2.41. The highest BCUT2D eigenvalue weighted by Gasteiger charge is 2.29. The first-order chi connectivity index (χ1) is 18.2. The molecular formula is C27H33ClN4O4S2. The van der Waals surface area contributed by atoms with Gasteiger partial charge < -0.3 is 19.4 Å². The number of carbonyl (C=O) groups excluding carboxylic acids is 2. The van der Waals surface area contributed by atoms with E-state index in [0.717, 1.165) is 35.3 Å². The van der Waals surface area contributed by atoms with Crippen molar-refractivity contribution in [3.63, 3.8) is 0 Å². The van der Waals surface area contributed by atoms with Gasteiger partial charge in [-0.25, -0.2) is 4.79 Å². The number of nitrogens with one attached hydrogen (secondary N) is 1. The third kappa shape index (κ3) is 6.35. The summed E-state index contributed by atoms with van der Waals surface area (Å²) < 4.78 is 13.3. The van der Waals surface area contributed by atoms with Crippen molar-refractivity contribution in [2.24, 2.45) is 5.92 Å². The molecule has 0 fully saturated rings. The lowest BCUT2D eigenvalue weighted by Crippen LogP contribution is -2.18. The van der Waals surface area contributed by atoms with Gasteiger partial charge in [0.15, 0.2) is 17.1 Å². The minimum atomic E-state index is -0.372. The van der Waals surface area contributed by atoms with E-state index in [1.807, 2.05) is 37.5 Å². The Labute approximate surface area is 236 Å². The smallest absolute Gasteiger partial charge is 0.341 e. The summed E-state index contributed by atoms with van der Waals surface area (Å²) in [6, 6.07) is 5.52. The third-order valence-corrected chi connectivity index (χ3v) is 9.00. The summed E-state index contributed by atoms with van der Waals surface area (Å²) in [7, 11) is 0. The molecule has 2 unspecified atom stereocenters. The van der Waals surface area contributed by atoms with Crippen LogP contribution in [0.15, 0.2) is 23.4 Å². The zero-order chi connectivity index (χ0) is 27.4. The largest absolute Gasteiger partial charge is 0.483 e. The van der Waals surface area contributed by atoms with Crippen LogP contribution in [0, 0.1) is 12.8 Å². The molecule has 3 aromatic rings. The first kappa shape index (κ1) is 28.4. The van der Waals surface area contributed by atoms with Crippen molar-refractivity contribution in [1.82, 2.24) is 14.8 Å². The van der Waals surface area contributed by atoms with E-state index in [1.165, 1.54) is 23.1 Å². The maximum absolute atomic E-state index is 13.0. The summed E-state index contributed by atoms with van der Waals surface area (Å²) in [5, 5.41) is 13.5. The summed E-state index contributed by atoms with van der Waals surface area (Å²) >= 11 is 8.92. The summed E-state index contributed by atoms with van der Waals surface area (Å²) in [4.78, 5) is 26.9. The Hall–Kier alpha value is -2.56. The Morgan fingerprint density at radius 1 is 1.32 bits per heavy atom. The zero-order valence-corrected chi connectivity index (χ0v) is 24.7. The second-order valence-electron chi connectivity index (χ2n) is 9.37. The van der Waals surface area contributed by atoms with E-state index in [-0.39, 0.29) is 30.3 Å². The molecule has 1 aliphatic carbocycles. The van der Waals surface area contributed by atoms with Crippen LogP contribution in [0.3, 0.4) is 0 Å².